The Morgan fingerprint density at radius 3 is 2.59 bits per heavy atom. The van der Waals surface area contributed by atoms with E-state index < -0.39 is 0 Å². The fourth-order valence-corrected chi connectivity index (χ4v) is 3.47. The lowest BCUT2D eigenvalue weighted by Gasteiger charge is -2.33. The number of nitrogens with one attached hydrogen (secondary N) is 2. The summed E-state index contributed by atoms with van der Waals surface area (Å²) in [5.74, 6) is -0.163. The van der Waals surface area contributed by atoms with E-state index in [4.69, 9.17) is 0 Å². The van der Waals surface area contributed by atoms with Crippen LogP contribution in [0.15, 0.2) is 30.3 Å². The molecule has 0 atom stereocenters. The van der Waals surface area contributed by atoms with E-state index in [0.717, 1.165) is 45.4 Å². The lowest BCUT2D eigenvalue weighted by Crippen LogP contribution is -2.42. The van der Waals surface area contributed by atoms with Gasteiger partial charge in [0.1, 0.15) is 0 Å². The molecule has 0 radical (unpaired) electrons. The Bertz CT molecular complexity index is 538. The van der Waals surface area contributed by atoms with Crippen molar-refractivity contribution >= 4 is 11.8 Å². The number of likely N-dealkylation sites (tertiary alicyclic amines) is 1. The van der Waals surface area contributed by atoms with E-state index in [0.29, 0.717) is 11.0 Å². The minimum Gasteiger partial charge on any atom is -0.343 e. The van der Waals surface area contributed by atoms with E-state index >= 15 is 0 Å². The quantitative estimate of drug-likeness (QED) is 0.876. The maximum Gasteiger partial charge on any atom is 0.251 e. The molecule has 2 saturated heterocycles. The van der Waals surface area contributed by atoms with Crippen LogP contribution in [0.1, 0.15) is 29.6 Å². The summed E-state index contributed by atoms with van der Waals surface area (Å²) in [6, 6.07) is 9.00. The van der Waals surface area contributed by atoms with Crippen molar-refractivity contribution in [3.8, 4) is 0 Å². The summed E-state index contributed by atoms with van der Waals surface area (Å²) in [5.41, 5.74) is 0.899. The van der Waals surface area contributed by atoms with Gasteiger partial charge in [-0.1, -0.05) is 18.2 Å². The molecule has 118 valence electrons. The van der Waals surface area contributed by atoms with E-state index in [-0.39, 0.29) is 18.4 Å². The van der Waals surface area contributed by atoms with Crippen molar-refractivity contribution in [1.82, 2.24) is 15.5 Å². The molecule has 2 amide bonds. The normalized spacial score (nSPS) is 20.1. The molecule has 5 heteroatoms. The van der Waals surface area contributed by atoms with Crippen molar-refractivity contribution in [2.45, 2.75) is 19.3 Å². The van der Waals surface area contributed by atoms with Gasteiger partial charge in [-0.2, -0.15) is 0 Å². The average molecular weight is 301 g/mol. The molecule has 1 aromatic carbocycles. The average Bonchev–Trinajstić information content (AvgIpc) is 2.97. The molecule has 22 heavy (non-hydrogen) atoms. The Kier molecular flexibility index (Phi) is 4.43. The van der Waals surface area contributed by atoms with E-state index in [1.165, 1.54) is 0 Å². The Morgan fingerprint density at radius 1 is 1.14 bits per heavy atom. The van der Waals surface area contributed by atoms with Crippen molar-refractivity contribution < 1.29 is 9.59 Å². The van der Waals surface area contributed by atoms with Crippen LogP contribution in [-0.2, 0) is 4.79 Å². The van der Waals surface area contributed by atoms with Gasteiger partial charge in [-0.3, -0.25) is 9.59 Å². The first-order valence-electron chi connectivity index (χ1n) is 8.00. The fraction of sp³-hybridized carbons (Fsp3) is 0.529. The molecule has 0 aromatic heterocycles. The first-order valence-corrected chi connectivity index (χ1v) is 8.00. The van der Waals surface area contributed by atoms with Gasteiger partial charge in [0.15, 0.2) is 0 Å². The van der Waals surface area contributed by atoms with Crippen LogP contribution in [0.2, 0.25) is 0 Å². The molecule has 2 fully saturated rings. The Labute approximate surface area is 131 Å². The van der Waals surface area contributed by atoms with Gasteiger partial charge >= 0.3 is 0 Å². The van der Waals surface area contributed by atoms with E-state index in [1.54, 1.807) is 12.1 Å². The van der Waals surface area contributed by atoms with Gasteiger partial charge in [-0.25, -0.2) is 0 Å². The first kappa shape index (κ1) is 15.0. The third-order valence-corrected chi connectivity index (χ3v) is 4.89. The smallest absolute Gasteiger partial charge is 0.251 e. The molecule has 0 saturated carbocycles. The highest BCUT2D eigenvalue weighted by molar-refractivity contribution is 5.96. The van der Waals surface area contributed by atoms with Crippen molar-refractivity contribution in [3.05, 3.63) is 35.9 Å². The Morgan fingerprint density at radius 2 is 1.86 bits per heavy atom. The van der Waals surface area contributed by atoms with Gasteiger partial charge in [-0.15, -0.1) is 0 Å². The van der Waals surface area contributed by atoms with Crippen LogP contribution in [-0.4, -0.2) is 49.4 Å². The zero-order chi connectivity index (χ0) is 15.4. The zero-order valence-corrected chi connectivity index (χ0v) is 12.8. The predicted molar refractivity (Wildman–Crippen MR) is 84.5 cm³/mol. The van der Waals surface area contributed by atoms with Crippen molar-refractivity contribution in [2.75, 3.05) is 32.7 Å². The maximum absolute atomic E-state index is 12.3. The minimum atomic E-state index is -0.190. The van der Waals surface area contributed by atoms with Crippen LogP contribution in [0.4, 0.5) is 0 Å². The van der Waals surface area contributed by atoms with E-state index in [2.05, 4.69) is 10.6 Å². The summed E-state index contributed by atoms with van der Waals surface area (Å²) in [5, 5.41) is 6.10. The third kappa shape index (κ3) is 3.30. The van der Waals surface area contributed by atoms with E-state index in [1.807, 2.05) is 23.1 Å². The molecule has 2 aliphatic rings. The minimum absolute atomic E-state index is 0.0275. The largest absolute Gasteiger partial charge is 0.343 e. The highest BCUT2D eigenvalue weighted by atomic mass is 16.2. The predicted octanol–water partition coefficient (Wildman–Crippen LogP) is 1.02. The summed E-state index contributed by atoms with van der Waals surface area (Å²) in [7, 11) is 0. The van der Waals surface area contributed by atoms with E-state index in [9.17, 15) is 9.59 Å². The number of nitrogens with zero attached hydrogens (tertiary/aromatic N) is 1. The second-order valence-corrected chi connectivity index (χ2v) is 6.36. The zero-order valence-electron chi connectivity index (χ0n) is 12.8. The van der Waals surface area contributed by atoms with Gasteiger partial charge in [0.2, 0.25) is 5.91 Å². The maximum atomic E-state index is 12.3. The lowest BCUT2D eigenvalue weighted by atomic mass is 9.78. The fourth-order valence-electron chi connectivity index (χ4n) is 3.47. The number of carbonyl (C=O) groups excluding carboxylic acids is 2. The van der Waals surface area contributed by atoms with Gasteiger partial charge in [0.25, 0.3) is 5.91 Å². The summed E-state index contributed by atoms with van der Waals surface area (Å²) < 4.78 is 0. The van der Waals surface area contributed by atoms with Gasteiger partial charge in [-0.05, 0) is 49.9 Å². The topological polar surface area (TPSA) is 61.4 Å². The summed E-state index contributed by atoms with van der Waals surface area (Å²) in [6.07, 6.45) is 3.38. The molecule has 5 nitrogen and oxygen atoms in total. The molecule has 3 rings (SSSR count). The summed E-state index contributed by atoms with van der Waals surface area (Å²) in [6.45, 7) is 3.84. The number of carbonyl (C=O) groups is 2. The van der Waals surface area contributed by atoms with Gasteiger partial charge < -0.3 is 15.5 Å². The standard InChI is InChI=1S/C17H23N3O2/c21-15(12-19-16(22)14-4-2-1-3-5-14)20-11-8-17(13-20)6-9-18-10-7-17/h1-5,18H,6-13H2,(H,19,22). The number of piperidine rings is 1. The highest BCUT2D eigenvalue weighted by Crippen LogP contribution is 2.38. The third-order valence-electron chi connectivity index (χ3n) is 4.89. The lowest BCUT2D eigenvalue weighted by molar-refractivity contribution is -0.129. The van der Waals surface area contributed by atoms with Crippen LogP contribution in [0.25, 0.3) is 0 Å². The van der Waals surface area contributed by atoms with Gasteiger partial charge in [0.05, 0.1) is 6.54 Å². The van der Waals surface area contributed by atoms with Crippen LogP contribution in [0.5, 0.6) is 0 Å². The van der Waals surface area contributed by atoms with Crippen LogP contribution < -0.4 is 10.6 Å². The first-order chi connectivity index (χ1) is 10.7. The monoisotopic (exact) mass is 301 g/mol. The molecule has 0 aliphatic carbocycles. The van der Waals surface area contributed by atoms with Gasteiger partial charge in [0, 0.05) is 18.7 Å². The Hall–Kier alpha value is -1.88. The second-order valence-electron chi connectivity index (χ2n) is 6.36. The molecular weight excluding hydrogens is 278 g/mol. The molecule has 2 heterocycles. The Balaban J connectivity index is 1.49. The molecule has 0 unspecified atom stereocenters. The SMILES string of the molecule is O=C(NCC(=O)N1CCC2(CCNCC2)C1)c1ccccc1. The summed E-state index contributed by atoms with van der Waals surface area (Å²) >= 11 is 0. The second kappa shape index (κ2) is 6.48. The number of hydrogen-bond donors (Lipinski definition) is 2. The van der Waals surface area contributed by atoms with Crippen molar-refractivity contribution in [2.24, 2.45) is 5.41 Å². The number of rotatable bonds is 3. The van der Waals surface area contributed by atoms with Crippen LogP contribution in [0.3, 0.4) is 0 Å². The van der Waals surface area contributed by atoms with Crippen LogP contribution in [0, 0.1) is 5.41 Å². The number of amides is 2. The van der Waals surface area contributed by atoms with Crippen molar-refractivity contribution in [1.29, 1.82) is 0 Å². The molecule has 1 spiro atoms. The molecule has 0 bridgehead atoms. The molecule has 2 aliphatic heterocycles. The summed E-state index contributed by atoms with van der Waals surface area (Å²) in [4.78, 5) is 26.2. The highest BCUT2D eigenvalue weighted by Gasteiger charge is 2.40. The number of hydrogen-bond acceptors (Lipinski definition) is 3. The van der Waals surface area contributed by atoms with Crippen molar-refractivity contribution in [3.63, 3.8) is 0 Å². The molecular formula is C17H23N3O2. The molecule has 2 N–H and O–H groups in total. The number of benzene rings is 1. The van der Waals surface area contributed by atoms with Crippen LogP contribution >= 0.6 is 0 Å². The molecule has 1 aromatic rings.